The van der Waals surface area contributed by atoms with Gasteiger partial charge in [0.05, 0.1) is 17.8 Å². The molecule has 3 rings (SSSR count). The van der Waals surface area contributed by atoms with Crippen molar-refractivity contribution in [2.24, 2.45) is 0 Å². The molecule has 1 atom stereocenters. The Balaban J connectivity index is 1.74. The monoisotopic (exact) mass is 381 g/mol. The highest BCUT2D eigenvalue weighted by Gasteiger charge is 2.30. The van der Waals surface area contributed by atoms with Crippen LogP contribution in [0, 0.1) is 0 Å². The van der Waals surface area contributed by atoms with E-state index < -0.39 is 11.7 Å². The fraction of sp³-hybridized carbons (Fsp3) is 0.235. The summed E-state index contributed by atoms with van der Waals surface area (Å²) < 4.78 is 39.4. The first-order valence-electron chi connectivity index (χ1n) is 7.79. The van der Waals surface area contributed by atoms with Gasteiger partial charge in [-0.1, -0.05) is 29.8 Å². The zero-order chi connectivity index (χ0) is 18.7. The van der Waals surface area contributed by atoms with Crippen molar-refractivity contribution in [3.63, 3.8) is 0 Å². The van der Waals surface area contributed by atoms with Gasteiger partial charge in [0.25, 0.3) is 0 Å². The molecule has 1 N–H and O–H groups in total. The molecule has 0 bridgehead atoms. The van der Waals surface area contributed by atoms with Crippen LogP contribution in [0.5, 0.6) is 0 Å². The molecule has 26 heavy (non-hydrogen) atoms. The number of nitrogens with zero attached hydrogens (tertiary/aromatic N) is 4. The Morgan fingerprint density at radius 1 is 1.12 bits per heavy atom. The van der Waals surface area contributed by atoms with Gasteiger partial charge in [-0.25, -0.2) is 0 Å². The van der Waals surface area contributed by atoms with Crippen molar-refractivity contribution < 1.29 is 13.2 Å². The molecule has 0 spiro atoms. The van der Waals surface area contributed by atoms with Crippen LogP contribution >= 0.6 is 11.6 Å². The maximum atomic E-state index is 12.7. The van der Waals surface area contributed by atoms with Crippen molar-refractivity contribution >= 4 is 11.6 Å². The smallest absolute Gasteiger partial charge is 0.303 e. The molecule has 0 amide bonds. The van der Waals surface area contributed by atoms with E-state index in [1.54, 1.807) is 6.07 Å². The van der Waals surface area contributed by atoms with Gasteiger partial charge in [-0.3, -0.25) is 0 Å². The summed E-state index contributed by atoms with van der Waals surface area (Å²) in [6.45, 7) is 2.27. The van der Waals surface area contributed by atoms with Gasteiger partial charge < -0.3 is 5.32 Å². The second-order valence-corrected chi connectivity index (χ2v) is 6.08. The molecule has 3 aromatic rings. The maximum absolute atomic E-state index is 12.7. The predicted molar refractivity (Wildman–Crippen MR) is 90.9 cm³/mol. The Morgan fingerprint density at radius 2 is 1.81 bits per heavy atom. The number of aromatic nitrogens is 4. The van der Waals surface area contributed by atoms with Crippen LogP contribution in [-0.4, -0.2) is 20.2 Å². The molecule has 5 nitrogen and oxygen atoms in total. The predicted octanol–water partition coefficient (Wildman–Crippen LogP) is 4.19. The molecule has 2 aromatic carbocycles. The number of benzene rings is 2. The van der Waals surface area contributed by atoms with E-state index in [4.69, 9.17) is 11.6 Å². The molecule has 1 aromatic heterocycles. The van der Waals surface area contributed by atoms with Crippen molar-refractivity contribution in [3.05, 3.63) is 70.5 Å². The van der Waals surface area contributed by atoms with Crippen molar-refractivity contribution in [2.75, 3.05) is 0 Å². The standard InChI is InChI=1S/C17H15ClF3N5/c1-11(14-4-2-3-5-15(14)18)22-10-16-23-24-25-26(16)13-8-6-12(7-9-13)17(19,20)21/h2-9,11,22H,10H2,1H3. The number of alkyl halides is 3. The van der Waals surface area contributed by atoms with Crippen LogP contribution in [0.1, 0.15) is 29.9 Å². The third-order valence-corrected chi connectivity index (χ3v) is 4.26. The van der Waals surface area contributed by atoms with Crippen LogP contribution in [0.4, 0.5) is 13.2 Å². The van der Waals surface area contributed by atoms with Crippen LogP contribution in [0.15, 0.2) is 48.5 Å². The SMILES string of the molecule is CC(NCc1nnnn1-c1ccc(C(F)(F)F)cc1)c1ccccc1Cl. The van der Waals surface area contributed by atoms with Gasteiger partial charge in [0.1, 0.15) is 0 Å². The summed E-state index contributed by atoms with van der Waals surface area (Å²) in [6.07, 6.45) is -4.38. The molecule has 0 aliphatic rings. The number of tetrazole rings is 1. The van der Waals surface area contributed by atoms with Gasteiger partial charge in [-0.05, 0) is 53.2 Å². The van der Waals surface area contributed by atoms with Gasteiger partial charge in [0.2, 0.25) is 0 Å². The quantitative estimate of drug-likeness (QED) is 0.720. The molecule has 0 fully saturated rings. The van der Waals surface area contributed by atoms with Gasteiger partial charge >= 0.3 is 6.18 Å². The van der Waals surface area contributed by atoms with Crippen LogP contribution in [0.25, 0.3) is 5.69 Å². The first-order chi connectivity index (χ1) is 12.4. The maximum Gasteiger partial charge on any atom is 0.416 e. The molecule has 1 heterocycles. The zero-order valence-electron chi connectivity index (χ0n) is 13.7. The van der Waals surface area contributed by atoms with E-state index in [0.29, 0.717) is 23.1 Å². The lowest BCUT2D eigenvalue weighted by Gasteiger charge is -2.15. The van der Waals surface area contributed by atoms with Crippen molar-refractivity contribution in [2.45, 2.75) is 25.7 Å². The molecule has 136 valence electrons. The topological polar surface area (TPSA) is 55.6 Å². The normalized spacial score (nSPS) is 13.0. The molecule has 0 aliphatic heterocycles. The highest BCUT2D eigenvalue weighted by atomic mass is 35.5. The Kier molecular flexibility index (Phi) is 5.24. The van der Waals surface area contributed by atoms with E-state index in [1.807, 2.05) is 25.1 Å². The largest absolute Gasteiger partial charge is 0.416 e. The zero-order valence-corrected chi connectivity index (χ0v) is 14.5. The van der Waals surface area contributed by atoms with Crippen LogP contribution < -0.4 is 5.32 Å². The highest BCUT2D eigenvalue weighted by Crippen LogP contribution is 2.29. The third kappa shape index (κ3) is 4.03. The number of nitrogens with one attached hydrogen (secondary N) is 1. The summed E-state index contributed by atoms with van der Waals surface area (Å²) in [5.41, 5.74) is 0.661. The van der Waals surface area contributed by atoms with E-state index in [-0.39, 0.29) is 6.04 Å². The number of rotatable bonds is 5. The Hall–Kier alpha value is -2.45. The average molecular weight is 382 g/mol. The second-order valence-electron chi connectivity index (χ2n) is 5.68. The van der Waals surface area contributed by atoms with Gasteiger partial charge in [-0.15, -0.1) is 5.10 Å². The highest BCUT2D eigenvalue weighted by molar-refractivity contribution is 6.31. The van der Waals surface area contributed by atoms with Crippen LogP contribution in [0.3, 0.4) is 0 Å². The van der Waals surface area contributed by atoms with Gasteiger partial charge in [0.15, 0.2) is 5.82 Å². The van der Waals surface area contributed by atoms with E-state index >= 15 is 0 Å². The van der Waals surface area contributed by atoms with Crippen LogP contribution in [0.2, 0.25) is 5.02 Å². The number of hydrogen-bond acceptors (Lipinski definition) is 4. The fourth-order valence-electron chi connectivity index (χ4n) is 2.49. The van der Waals surface area contributed by atoms with Crippen molar-refractivity contribution in [1.82, 2.24) is 25.5 Å². The van der Waals surface area contributed by atoms with E-state index in [2.05, 4.69) is 20.8 Å². The lowest BCUT2D eigenvalue weighted by Crippen LogP contribution is -2.21. The summed E-state index contributed by atoms with van der Waals surface area (Å²) in [4.78, 5) is 0. The lowest BCUT2D eigenvalue weighted by atomic mass is 10.1. The molecule has 0 radical (unpaired) electrons. The van der Waals surface area contributed by atoms with E-state index in [1.165, 1.54) is 16.8 Å². The van der Waals surface area contributed by atoms with E-state index in [9.17, 15) is 13.2 Å². The minimum absolute atomic E-state index is 0.0542. The lowest BCUT2D eigenvalue weighted by molar-refractivity contribution is -0.137. The van der Waals surface area contributed by atoms with Gasteiger partial charge in [-0.2, -0.15) is 17.9 Å². The summed E-state index contributed by atoms with van der Waals surface area (Å²) in [7, 11) is 0. The molecular formula is C17H15ClF3N5. The summed E-state index contributed by atoms with van der Waals surface area (Å²) in [5.74, 6) is 0.476. The molecule has 9 heteroatoms. The minimum atomic E-state index is -4.38. The summed E-state index contributed by atoms with van der Waals surface area (Å²) in [5, 5.41) is 15.3. The molecule has 0 aliphatic carbocycles. The minimum Gasteiger partial charge on any atom is -0.303 e. The molecule has 0 saturated heterocycles. The average Bonchev–Trinajstić information content (AvgIpc) is 3.08. The van der Waals surface area contributed by atoms with Crippen molar-refractivity contribution in [3.8, 4) is 5.69 Å². The number of halogens is 4. The molecule has 1 unspecified atom stereocenters. The van der Waals surface area contributed by atoms with Gasteiger partial charge in [0, 0.05) is 11.1 Å². The molecular weight excluding hydrogens is 367 g/mol. The third-order valence-electron chi connectivity index (χ3n) is 3.91. The van der Waals surface area contributed by atoms with Crippen LogP contribution in [-0.2, 0) is 12.7 Å². The number of hydrogen-bond donors (Lipinski definition) is 1. The Morgan fingerprint density at radius 3 is 2.46 bits per heavy atom. The summed E-state index contributed by atoms with van der Waals surface area (Å²) in [6, 6.07) is 12.1. The fourth-order valence-corrected chi connectivity index (χ4v) is 2.79. The molecule has 0 saturated carbocycles. The Labute approximate surface area is 152 Å². The first-order valence-corrected chi connectivity index (χ1v) is 8.17. The Bertz CT molecular complexity index is 877. The summed E-state index contributed by atoms with van der Waals surface area (Å²) >= 11 is 6.18. The van der Waals surface area contributed by atoms with Crippen molar-refractivity contribution in [1.29, 1.82) is 0 Å². The first kappa shape index (κ1) is 18.3. The second kappa shape index (κ2) is 7.43. The van der Waals surface area contributed by atoms with E-state index in [0.717, 1.165) is 17.7 Å².